The zero-order chi connectivity index (χ0) is 21.3. The Bertz CT molecular complexity index is 986. The van der Waals surface area contributed by atoms with E-state index in [-0.39, 0.29) is 11.6 Å². The maximum absolute atomic E-state index is 14.4. The molecule has 3 aromatic rings. The number of nitrogens with zero attached hydrogens (tertiary/aromatic N) is 2. The summed E-state index contributed by atoms with van der Waals surface area (Å²) in [5.74, 6) is 0.725. The van der Waals surface area contributed by atoms with Crippen LogP contribution >= 0.6 is 0 Å². The first-order chi connectivity index (χ1) is 14.7. The fraction of sp³-hybridized carbons (Fsp3) is 0.333. The lowest BCUT2D eigenvalue weighted by Crippen LogP contribution is -2.09. The molecule has 0 bridgehead atoms. The molecule has 30 heavy (non-hydrogen) atoms. The average Bonchev–Trinajstić information content (AvgIpc) is 2.76. The van der Waals surface area contributed by atoms with Gasteiger partial charge < -0.3 is 29.0 Å². The van der Waals surface area contributed by atoms with Gasteiger partial charge in [-0.05, 0) is 18.2 Å². The third kappa shape index (κ3) is 5.25. The van der Waals surface area contributed by atoms with E-state index < -0.39 is 5.82 Å². The summed E-state index contributed by atoms with van der Waals surface area (Å²) in [6, 6.07) is 8.03. The molecule has 0 aliphatic rings. The van der Waals surface area contributed by atoms with Crippen molar-refractivity contribution in [2.24, 2.45) is 0 Å². The summed E-state index contributed by atoms with van der Waals surface area (Å²) in [6.07, 6.45) is 1.35. The van der Waals surface area contributed by atoms with Gasteiger partial charge in [-0.25, -0.2) is 14.4 Å². The molecular weight excluding hydrogens is 393 g/mol. The third-order valence-electron chi connectivity index (χ3n) is 4.18. The van der Waals surface area contributed by atoms with Crippen molar-refractivity contribution in [2.45, 2.75) is 0 Å². The molecule has 0 aliphatic heterocycles. The Balaban J connectivity index is 1.96. The Morgan fingerprint density at radius 2 is 1.57 bits per heavy atom. The molecule has 0 spiro atoms. The van der Waals surface area contributed by atoms with Gasteiger partial charge in [-0.3, -0.25) is 0 Å². The number of anilines is 1. The number of methoxy groups -OCH3 is 2. The lowest BCUT2D eigenvalue weighted by atomic mass is 10.2. The number of benzene rings is 2. The standard InChI is InChI=1S/C21H24FN3O5/c1-23-14-4-5-18(16(22)10-14)30-21-15-11-19(28-8-6-26-2)20(29-9-7-27-3)12-17(15)24-13-25-21/h4-5,10-13,23H,6-9H2,1-3H3. The van der Waals surface area contributed by atoms with Gasteiger partial charge in [0.05, 0.1) is 24.1 Å². The molecule has 1 heterocycles. The van der Waals surface area contributed by atoms with Crippen LogP contribution in [-0.2, 0) is 9.47 Å². The molecule has 160 valence electrons. The van der Waals surface area contributed by atoms with E-state index in [9.17, 15) is 4.39 Å². The van der Waals surface area contributed by atoms with Crippen LogP contribution in [0.3, 0.4) is 0 Å². The number of halogens is 1. The van der Waals surface area contributed by atoms with E-state index in [1.54, 1.807) is 39.5 Å². The number of fused-ring (bicyclic) bond motifs is 1. The summed E-state index contributed by atoms with van der Waals surface area (Å²) in [7, 11) is 4.90. The highest BCUT2D eigenvalue weighted by atomic mass is 19.1. The molecule has 0 aliphatic carbocycles. The molecule has 0 saturated heterocycles. The minimum absolute atomic E-state index is 0.0521. The lowest BCUT2D eigenvalue weighted by molar-refractivity contribution is 0.132. The van der Waals surface area contributed by atoms with E-state index in [0.717, 1.165) is 0 Å². The number of nitrogens with one attached hydrogen (secondary N) is 1. The number of ether oxygens (including phenoxy) is 5. The van der Waals surface area contributed by atoms with Crippen molar-refractivity contribution in [1.29, 1.82) is 0 Å². The van der Waals surface area contributed by atoms with Crippen LogP contribution in [0.15, 0.2) is 36.7 Å². The SMILES string of the molecule is CNc1ccc(Oc2ncnc3cc(OCCOC)c(OCCOC)cc23)c(F)c1. The van der Waals surface area contributed by atoms with E-state index in [4.69, 9.17) is 23.7 Å². The van der Waals surface area contributed by atoms with Crippen LogP contribution in [0.25, 0.3) is 10.9 Å². The predicted octanol–water partition coefficient (Wildman–Crippen LogP) is 3.65. The van der Waals surface area contributed by atoms with Gasteiger partial charge in [0.25, 0.3) is 0 Å². The Kier molecular flexibility index (Phi) is 7.58. The van der Waals surface area contributed by atoms with Crippen molar-refractivity contribution < 1.29 is 28.1 Å². The van der Waals surface area contributed by atoms with Crippen molar-refractivity contribution in [3.63, 3.8) is 0 Å². The number of hydrogen-bond acceptors (Lipinski definition) is 8. The normalized spacial score (nSPS) is 10.8. The molecule has 9 heteroatoms. The Hall–Kier alpha value is -3.17. The molecule has 0 unspecified atom stereocenters. The van der Waals surface area contributed by atoms with Crippen LogP contribution in [0.2, 0.25) is 0 Å². The van der Waals surface area contributed by atoms with E-state index in [1.165, 1.54) is 18.5 Å². The van der Waals surface area contributed by atoms with Crippen molar-refractivity contribution in [3.05, 3.63) is 42.5 Å². The second-order valence-electron chi connectivity index (χ2n) is 6.17. The molecule has 1 N–H and O–H groups in total. The molecule has 3 rings (SSSR count). The maximum atomic E-state index is 14.4. The maximum Gasteiger partial charge on any atom is 0.230 e. The summed E-state index contributed by atoms with van der Waals surface area (Å²) in [5, 5.41) is 3.43. The fourth-order valence-corrected chi connectivity index (χ4v) is 2.66. The highest BCUT2D eigenvalue weighted by molar-refractivity contribution is 5.87. The van der Waals surface area contributed by atoms with Gasteiger partial charge >= 0.3 is 0 Å². The molecule has 0 radical (unpaired) electrons. The molecule has 8 nitrogen and oxygen atoms in total. The monoisotopic (exact) mass is 417 g/mol. The highest BCUT2D eigenvalue weighted by Gasteiger charge is 2.15. The molecular formula is C21H24FN3O5. The Morgan fingerprint density at radius 1 is 0.867 bits per heavy atom. The molecule has 0 saturated carbocycles. The van der Waals surface area contributed by atoms with Gasteiger partial charge in [-0.1, -0.05) is 0 Å². The topological polar surface area (TPSA) is 84.0 Å². The zero-order valence-corrected chi connectivity index (χ0v) is 17.1. The van der Waals surface area contributed by atoms with Crippen molar-refractivity contribution in [3.8, 4) is 23.1 Å². The Morgan fingerprint density at radius 3 is 2.20 bits per heavy atom. The summed E-state index contributed by atoms with van der Waals surface area (Å²) in [4.78, 5) is 8.45. The van der Waals surface area contributed by atoms with Gasteiger partial charge in [-0.15, -0.1) is 0 Å². The molecule has 2 aromatic carbocycles. The summed E-state index contributed by atoms with van der Waals surface area (Å²) in [6.45, 7) is 1.51. The van der Waals surface area contributed by atoms with Crippen LogP contribution in [0.1, 0.15) is 0 Å². The fourth-order valence-electron chi connectivity index (χ4n) is 2.66. The van der Waals surface area contributed by atoms with Crippen LogP contribution in [-0.4, -0.2) is 57.7 Å². The van der Waals surface area contributed by atoms with Crippen LogP contribution in [0.4, 0.5) is 10.1 Å². The first kappa shape index (κ1) is 21.5. The zero-order valence-electron chi connectivity index (χ0n) is 17.1. The van der Waals surface area contributed by atoms with E-state index in [2.05, 4.69) is 15.3 Å². The summed E-state index contributed by atoms with van der Waals surface area (Å²) in [5.41, 5.74) is 1.21. The van der Waals surface area contributed by atoms with Crippen molar-refractivity contribution in [1.82, 2.24) is 9.97 Å². The minimum atomic E-state index is -0.510. The molecule has 0 fully saturated rings. The molecule has 1 aromatic heterocycles. The van der Waals surface area contributed by atoms with Gasteiger partial charge in [0.1, 0.15) is 19.5 Å². The number of aromatic nitrogens is 2. The lowest BCUT2D eigenvalue weighted by Gasteiger charge is -2.15. The molecule has 0 atom stereocenters. The average molecular weight is 417 g/mol. The van der Waals surface area contributed by atoms with Crippen LogP contribution < -0.4 is 19.5 Å². The predicted molar refractivity (Wildman–Crippen MR) is 110 cm³/mol. The molecule has 0 amide bonds. The number of rotatable bonds is 11. The third-order valence-corrected chi connectivity index (χ3v) is 4.18. The van der Waals surface area contributed by atoms with Crippen molar-refractivity contribution >= 4 is 16.6 Å². The Labute approximate surface area is 173 Å². The smallest absolute Gasteiger partial charge is 0.230 e. The second-order valence-corrected chi connectivity index (χ2v) is 6.17. The van der Waals surface area contributed by atoms with Crippen molar-refractivity contribution in [2.75, 3.05) is 53.0 Å². The van der Waals surface area contributed by atoms with Gasteiger partial charge in [0.2, 0.25) is 5.88 Å². The quantitative estimate of drug-likeness (QED) is 0.474. The van der Waals surface area contributed by atoms with Crippen LogP contribution in [0, 0.1) is 5.82 Å². The summed E-state index contributed by atoms with van der Waals surface area (Å²) >= 11 is 0. The largest absolute Gasteiger partial charge is 0.487 e. The summed E-state index contributed by atoms with van der Waals surface area (Å²) < 4.78 is 41.7. The van der Waals surface area contributed by atoms with E-state index >= 15 is 0 Å². The van der Waals surface area contributed by atoms with Gasteiger partial charge in [0, 0.05) is 39.1 Å². The van der Waals surface area contributed by atoms with E-state index in [1.807, 2.05) is 0 Å². The highest BCUT2D eigenvalue weighted by Crippen LogP contribution is 2.37. The first-order valence-corrected chi connectivity index (χ1v) is 9.33. The minimum Gasteiger partial charge on any atom is -0.487 e. The second kappa shape index (κ2) is 10.6. The first-order valence-electron chi connectivity index (χ1n) is 9.33. The van der Waals surface area contributed by atoms with Gasteiger partial charge in [-0.2, -0.15) is 0 Å². The van der Waals surface area contributed by atoms with Crippen LogP contribution in [0.5, 0.6) is 23.1 Å². The number of hydrogen-bond donors (Lipinski definition) is 1. The van der Waals surface area contributed by atoms with Gasteiger partial charge in [0.15, 0.2) is 23.1 Å². The van der Waals surface area contributed by atoms with E-state index in [0.29, 0.717) is 54.5 Å².